The summed E-state index contributed by atoms with van der Waals surface area (Å²) in [5.41, 5.74) is 4.80. The number of anilines is 2. The minimum Gasteiger partial charge on any atom is -0.459 e. The largest absolute Gasteiger partial charge is 0.459 e. The molecule has 2 aliphatic heterocycles. The van der Waals surface area contributed by atoms with Crippen LogP contribution in [-0.2, 0) is 0 Å². The SMILES string of the molecule is Cc1c(Cl)cccc1-c1ccc([C@@H]2[C@H](c3ccccn3)NC(=S)N2c2ccc(N3C[C@@H](C)C[C@H](C)C3)c(Cl)c2)o1. The van der Waals surface area contributed by atoms with Gasteiger partial charge in [-0.2, -0.15) is 0 Å². The molecule has 0 spiro atoms. The van der Waals surface area contributed by atoms with E-state index in [-0.39, 0.29) is 12.1 Å². The number of rotatable bonds is 5. The van der Waals surface area contributed by atoms with Gasteiger partial charge in [0.25, 0.3) is 0 Å². The van der Waals surface area contributed by atoms with Gasteiger partial charge in [0.15, 0.2) is 5.11 Å². The molecule has 5 nitrogen and oxygen atoms in total. The van der Waals surface area contributed by atoms with E-state index >= 15 is 0 Å². The van der Waals surface area contributed by atoms with E-state index in [1.165, 1.54) is 6.42 Å². The molecule has 0 saturated carbocycles. The van der Waals surface area contributed by atoms with Crippen molar-refractivity contribution in [1.82, 2.24) is 10.3 Å². The molecular formula is C32H32Cl2N4OS. The number of furan rings is 1. The van der Waals surface area contributed by atoms with Crippen LogP contribution in [-0.4, -0.2) is 23.2 Å². The zero-order chi connectivity index (χ0) is 28.0. The Morgan fingerprint density at radius 1 is 0.950 bits per heavy atom. The normalized spacial score (nSPS) is 23.0. The zero-order valence-electron chi connectivity index (χ0n) is 22.8. The third kappa shape index (κ3) is 5.09. The zero-order valence-corrected chi connectivity index (χ0v) is 25.1. The highest BCUT2D eigenvalue weighted by atomic mass is 35.5. The lowest BCUT2D eigenvalue weighted by molar-refractivity contribution is 0.357. The first-order valence-corrected chi connectivity index (χ1v) is 14.9. The highest BCUT2D eigenvalue weighted by Crippen LogP contribution is 2.45. The molecule has 0 bridgehead atoms. The lowest BCUT2D eigenvalue weighted by Crippen LogP contribution is -2.38. The minimum absolute atomic E-state index is 0.213. The first-order valence-electron chi connectivity index (χ1n) is 13.7. The fourth-order valence-corrected chi connectivity index (χ4v) is 7.03. The van der Waals surface area contributed by atoms with Gasteiger partial charge in [-0.3, -0.25) is 4.98 Å². The summed E-state index contributed by atoms with van der Waals surface area (Å²) in [5, 5.41) is 5.53. The Kier molecular flexibility index (Phi) is 7.51. The summed E-state index contributed by atoms with van der Waals surface area (Å²) in [6.07, 6.45) is 3.05. The fourth-order valence-electron chi connectivity index (χ4n) is 6.21. The van der Waals surface area contributed by atoms with Crippen molar-refractivity contribution in [2.45, 2.75) is 39.3 Å². The van der Waals surface area contributed by atoms with Gasteiger partial charge in [0.2, 0.25) is 0 Å². The molecule has 206 valence electrons. The highest BCUT2D eigenvalue weighted by molar-refractivity contribution is 7.80. The van der Waals surface area contributed by atoms with Crippen LogP contribution in [0.2, 0.25) is 10.0 Å². The monoisotopic (exact) mass is 590 g/mol. The predicted molar refractivity (Wildman–Crippen MR) is 168 cm³/mol. The Balaban J connectivity index is 1.40. The van der Waals surface area contributed by atoms with E-state index < -0.39 is 0 Å². The number of nitrogens with one attached hydrogen (secondary N) is 1. The molecule has 0 amide bonds. The van der Waals surface area contributed by atoms with Gasteiger partial charge < -0.3 is 19.5 Å². The van der Waals surface area contributed by atoms with Crippen LogP contribution in [0.25, 0.3) is 11.3 Å². The lowest BCUT2D eigenvalue weighted by atomic mass is 9.91. The van der Waals surface area contributed by atoms with E-state index in [9.17, 15) is 0 Å². The van der Waals surface area contributed by atoms with Crippen molar-refractivity contribution in [3.8, 4) is 11.3 Å². The third-order valence-electron chi connectivity index (χ3n) is 7.97. The third-order valence-corrected chi connectivity index (χ3v) is 9.00. The quantitative estimate of drug-likeness (QED) is 0.235. The predicted octanol–water partition coefficient (Wildman–Crippen LogP) is 8.62. The summed E-state index contributed by atoms with van der Waals surface area (Å²) >= 11 is 19.3. The molecule has 6 rings (SSSR count). The number of halogens is 2. The molecule has 2 saturated heterocycles. The Labute approximate surface area is 251 Å². The van der Waals surface area contributed by atoms with Crippen molar-refractivity contribution >= 4 is 51.9 Å². The van der Waals surface area contributed by atoms with Crippen molar-refractivity contribution in [3.63, 3.8) is 0 Å². The van der Waals surface area contributed by atoms with Crippen LogP contribution < -0.4 is 15.1 Å². The van der Waals surface area contributed by atoms with Crippen molar-refractivity contribution < 1.29 is 4.42 Å². The average Bonchev–Trinajstić information content (AvgIpc) is 3.54. The first kappa shape index (κ1) is 27.1. The van der Waals surface area contributed by atoms with Crippen molar-refractivity contribution in [3.05, 3.63) is 100.0 Å². The fraction of sp³-hybridized carbons (Fsp3) is 0.312. The summed E-state index contributed by atoms with van der Waals surface area (Å²) in [5.74, 6) is 2.80. The van der Waals surface area contributed by atoms with Gasteiger partial charge in [-0.25, -0.2) is 0 Å². The van der Waals surface area contributed by atoms with Gasteiger partial charge >= 0.3 is 0 Å². The molecule has 2 fully saturated rings. The number of aromatic nitrogens is 1. The van der Waals surface area contributed by atoms with Crippen molar-refractivity contribution in [2.75, 3.05) is 22.9 Å². The van der Waals surface area contributed by atoms with E-state index in [0.717, 1.165) is 57.8 Å². The summed E-state index contributed by atoms with van der Waals surface area (Å²) in [6.45, 7) is 8.64. The van der Waals surface area contributed by atoms with Crippen LogP contribution in [0.15, 0.2) is 77.3 Å². The van der Waals surface area contributed by atoms with E-state index in [2.05, 4.69) is 46.1 Å². The Morgan fingerprint density at radius 2 is 1.75 bits per heavy atom. The number of thiocarbonyl (C=S) groups is 1. The molecule has 4 aromatic rings. The highest BCUT2D eigenvalue weighted by Gasteiger charge is 2.43. The second-order valence-corrected chi connectivity index (χ2v) is 12.3. The van der Waals surface area contributed by atoms with Crippen molar-refractivity contribution in [1.29, 1.82) is 0 Å². The van der Waals surface area contributed by atoms with E-state index in [1.54, 1.807) is 6.20 Å². The maximum atomic E-state index is 6.97. The Bertz CT molecular complexity index is 1530. The molecule has 0 aliphatic carbocycles. The molecule has 1 N–H and O–H groups in total. The van der Waals surface area contributed by atoms with Crippen molar-refractivity contribution in [2.24, 2.45) is 11.8 Å². The van der Waals surface area contributed by atoms with E-state index in [1.807, 2.05) is 61.5 Å². The number of hydrogen-bond acceptors (Lipinski definition) is 4. The molecule has 40 heavy (non-hydrogen) atoms. The van der Waals surface area contributed by atoms with Gasteiger partial charge in [-0.05, 0) is 91.5 Å². The van der Waals surface area contributed by atoms with Crippen LogP contribution in [0.5, 0.6) is 0 Å². The topological polar surface area (TPSA) is 44.5 Å². The molecule has 2 aliphatic rings. The summed E-state index contributed by atoms with van der Waals surface area (Å²) in [4.78, 5) is 9.16. The smallest absolute Gasteiger partial charge is 0.174 e. The van der Waals surface area contributed by atoms with Gasteiger partial charge in [0.1, 0.15) is 17.6 Å². The number of piperidine rings is 1. The maximum absolute atomic E-state index is 6.97. The number of pyridine rings is 1. The lowest BCUT2D eigenvalue weighted by Gasteiger charge is -2.37. The van der Waals surface area contributed by atoms with Crippen LogP contribution in [0.1, 0.15) is 49.4 Å². The van der Waals surface area contributed by atoms with Gasteiger partial charge in [-0.15, -0.1) is 0 Å². The molecule has 0 unspecified atom stereocenters. The number of nitrogens with zero attached hydrogens (tertiary/aromatic N) is 3. The van der Waals surface area contributed by atoms with Crippen LogP contribution >= 0.6 is 35.4 Å². The van der Waals surface area contributed by atoms with Gasteiger partial charge in [-0.1, -0.05) is 55.2 Å². The van der Waals surface area contributed by atoms with Gasteiger partial charge in [0, 0.05) is 35.6 Å². The Hall–Kier alpha value is -3.06. The molecule has 8 heteroatoms. The molecule has 2 aromatic heterocycles. The number of benzene rings is 2. The van der Waals surface area contributed by atoms with E-state index in [4.69, 9.17) is 39.8 Å². The van der Waals surface area contributed by atoms with Crippen LogP contribution in [0, 0.1) is 18.8 Å². The van der Waals surface area contributed by atoms with Gasteiger partial charge in [0.05, 0.1) is 22.4 Å². The summed E-state index contributed by atoms with van der Waals surface area (Å²) < 4.78 is 6.55. The maximum Gasteiger partial charge on any atom is 0.174 e. The minimum atomic E-state index is -0.271. The molecule has 2 aromatic carbocycles. The Morgan fingerprint density at radius 3 is 2.48 bits per heavy atom. The number of hydrogen-bond donors (Lipinski definition) is 1. The van der Waals surface area contributed by atoms with Crippen LogP contribution in [0.3, 0.4) is 0 Å². The summed E-state index contributed by atoms with van der Waals surface area (Å²) in [6, 6.07) is 21.6. The average molecular weight is 592 g/mol. The summed E-state index contributed by atoms with van der Waals surface area (Å²) in [7, 11) is 0. The van der Waals surface area contributed by atoms with Crippen LogP contribution in [0.4, 0.5) is 11.4 Å². The standard InChI is InChI=1S/C32H32Cl2N4OS/c1-19-15-20(2)18-37(17-19)27-11-10-22(16-25(27)34)38-31(30(36-32(38)40)26-9-4-5-14-35-26)29-13-12-28(39-29)23-7-6-8-24(33)21(23)3/h4-14,16,19-20,30-31H,15,17-18H2,1-3H3,(H,36,40)/t19-,20-,30-,31+/m0/s1. The molecule has 4 atom stereocenters. The van der Waals surface area contributed by atoms with E-state index in [0.29, 0.717) is 22.0 Å². The second-order valence-electron chi connectivity index (χ2n) is 11.1. The second kappa shape index (κ2) is 11.1. The molecule has 0 radical (unpaired) electrons. The molecule has 4 heterocycles. The first-order chi connectivity index (χ1) is 19.3. The molecular weight excluding hydrogens is 559 g/mol.